The van der Waals surface area contributed by atoms with E-state index in [2.05, 4.69) is 13.0 Å². The van der Waals surface area contributed by atoms with Gasteiger partial charge in [0, 0.05) is 30.4 Å². The summed E-state index contributed by atoms with van der Waals surface area (Å²) in [7, 11) is 0. The van der Waals surface area contributed by atoms with Gasteiger partial charge in [-0.05, 0) is 36.8 Å². The van der Waals surface area contributed by atoms with Crippen LogP contribution in [0.2, 0.25) is 0 Å². The lowest BCUT2D eigenvalue weighted by atomic mass is 10.1. The molecule has 1 fully saturated rings. The van der Waals surface area contributed by atoms with Crippen LogP contribution in [-0.4, -0.2) is 53.5 Å². The van der Waals surface area contributed by atoms with Gasteiger partial charge in [-0.15, -0.1) is 0 Å². The number of benzene rings is 2. The average molecular weight is 443 g/mol. The fraction of sp³-hybridized carbons (Fsp3) is 0.269. The van der Waals surface area contributed by atoms with Gasteiger partial charge in [0.25, 0.3) is 5.91 Å². The maximum Gasteiger partial charge on any atom is 0.264 e. The van der Waals surface area contributed by atoms with Crippen LogP contribution in [0.15, 0.2) is 66.4 Å². The molecule has 0 unspecified atom stereocenters. The SMILES string of the molecule is CCCOc1cccc(-c2nn(-c3ccccc3)cc2C=C(C#N)C(=O)N2CCOCC2)c1. The fourth-order valence-corrected chi connectivity index (χ4v) is 3.62. The summed E-state index contributed by atoms with van der Waals surface area (Å²) in [5.74, 6) is 0.461. The normalized spacial score (nSPS) is 14.1. The first-order valence-electron chi connectivity index (χ1n) is 11.1. The number of morpholine rings is 1. The van der Waals surface area contributed by atoms with Crippen molar-refractivity contribution in [3.05, 3.63) is 71.9 Å². The fourth-order valence-electron chi connectivity index (χ4n) is 3.62. The van der Waals surface area contributed by atoms with E-state index < -0.39 is 0 Å². The van der Waals surface area contributed by atoms with Crippen molar-refractivity contribution < 1.29 is 14.3 Å². The molecule has 0 N–H and O–H groups in total. The van der Waals surface area contributed by atoms with Crippen molar-refractivity contribution in [3.8, 4) is 28.8 Å². The first kappa shape index (κ1) is 22.3. The second kappa shape index (κ2) is 10.6. The summed E-state index contributed by atoms with van der Waals surface area (Å²) >= 11 is 0. The van der Waals surface area contributed by atoms with E-state index in [-0.39, 0.29) is 11.5 Å². The van der Waals surface area contributed by atoms with Gasteiger partial charge in [-0.2, -0.15) is 10.4 Å². The van der Waals surface area contributed by atoms with Gasteiger partial charge >= 0.3 is 0 Å². The summed E-state index contributed by atoms with van der Waals surface area (Å²) < 4.78 is 12.9. The van der Waals surface area contributed by atoms with E-state index in [9.17, 15) is 10.1 Å². The minimum atomic E-state index is -0.292. The third-order valence-corrected chi connectivity index (χ3v) is 5.29. The summed E-state index contributed by atoms with van der Waals surface area (Å²) in [4.78, 5) is 14.6. The van der Waals surface area contributed by atoms with Gasteiger partial charge in [0.1, 0.15) is 23.1 Å². The van der Waals surface area contributed by atoms with E-state index in [1.54, 1.807) is 15.7 Å². The highest BCUT2D eigenvalue weighted by Gasteiger charge is 2.22. The molecule has 1 aliphatic rings. The Morgan fingerprint density at radius 2 is 1.97 bits per heavy atom. The van der Waals surface area contributed by atoms with Crippen LogP contribution in [-0.2, 0) is 9.53 Å². The van der Waals surface area contributed by atoms with Gasteiger partial charge in [0.05, 0.1) is 25.5 Å². The van der Waals surface area contributed by atoms with Gasteiger partial charge < -0.3 is 14.4 Å². The molecule has 33 heavy (non-hydrogen) atoms. The van der Waals surface area contributed by atoms with Crippen molar-refractivity contribution >= 4 is 12.0 Å². The number of carbonyl (C=O) groups excluding carboxylic acids is 1. The number of hydrogen-bond acceptors (Lipinski definition) is 5. The predicted molar refractivity (Wildman–Crippen MR) is 126 cm³/mol. The number of para-hydroxylation sites is 1. The average Bonchev–Trinajstić information content (AvgIpc) is 3.31. The first-order valence-corrected chi connectivity index (χ1v) is 11.1. The van der Waals surface area contributed by atoms with Crippen LogP contribution in [0, 0.1) is 11.3 Å². The van der Waals surface area contributed by atoms with Crippen LogP contribution in [0.25, 0.3) is 23.0 Å². The number of amides is 1. The van der Waals surface area contributed by atoms with Crippen LogP contribution in [0.4, 0.5) is 0 Å². The summed E-state index contributed by atoms with van der Waals surface area (Å²) in [6.07, 6.45) is 4.38. The van der Waals surface area contributed by atoms with E-state index in [0.29, 0.717) is 44.2 Å². The van der Waals surface area contributed by atoms with Gasteiger partial charge in [-0.1, -0.05) is 37.3 Å². The Kier molecular flexibility index (Phi) is 7.18. The molecule has 0 atom stereocenters. The van der Waals surface area contributed by atoms with Crippen molar-refractivity contribution in [2.75, 3.05) is 32.9 Å². The summed E-state index contributed by atoms with van der Waals surface area (Å²) in [6, 6.07) is 19.5. The number of rotatable bonds is 7. The topological polar surface area (TPSA) is 80.4 Å². The van der Waals surface area contributed by atoms with E-state index >= 15 is 0 Å². The molecule has 0 radical (unpaired) electrons. The van der Waals surface area contributed by atoms with Crippen molar-refractivity contribution in [1.82, 2.24) is 14.7 Å². The number of hydrogen-bond donors (Lipinski definition) is 0. The van der Waals surface area contributed by atoms with Crippen molar-refractivity contribution in [1.29, 1.82) is 5.26 Å². The standard InChI is InChI=1S/C26H26N4O3/c1-2-13-33-24-10-6-7-20(17-24)25-22(19-30(28-25)23-8-4-3-5-9-23)16-21(18-27)26(31)29-11-14-32-15-12-29/h3-10,16-17,19H,2,11-15H2,1H3. The third kappa shape index (κ3) is 5.30. The summed E-state index contributed by atoms with van der Waals surface area (Å²) in [5, 5.41) is 14.6. The monoisotopic (exact) mass is 442 g/mol. The van der Waals surface area contributed by atoms with E-state index in [1.807, 2.05) is 60.8 Å². The minimum Gasteiger partial charge on any atom is -0.494 e. The van der Waals surface area contributed by atoms with Crippen LogP contribution in [0.5, 0.6) is 5.75 Å². The lowest BCUT2D eigenvalue weighted by molar-refractivity contribution is -0.130. The molecule has 1 amide bonds. The van der Waals surface area contributed by atoms with Gasteiger partial charge in [-0.3, -0.25) is 4.79 Å². The predicted octanol–water partition coefficient (Wildman–Crippen LogP) is 4.09. The Hall–Kier alpha value is -3.89. The maximum absolute atomic E-state index is 13.0. The van der Waals surface area contributed by atoms with Gasteiger partial charge in [-0.25, -0.2) is 4.68 Å². The molecular weight excluding hydrogens is 416 g/mol. The molecule has 3 aromatic rings. The highest BCUT2D eigenvalue weighted by Crippen LogP contribution is 2.29. The van der Waals surface area contributed by atoms with Gasteiger partial charge in [0.15, 0.2) is 0 Å². The molecule has 2 aromatic carbocycles. The molecule has 168 valence electrons. The molecule has 0 bridgehead atoms. The first-order chi connectivity index (χ1) is 16.2. The van der Waals surface area contributed by atoms with Crippen molar-refractivity contribution in [3.63, 3.8) is 0 Å². The maximum atomic E-state index is 13.0. The van der Waals surface area contributed by atoms with Crippen LogP contribution < -0.4 is 4.74 Å². The van der Waals surface area contributed by atoms with E-state index in [4.69, 9.17) is 14.6 Å². The second-order valence-corrected chi connectivity index (χ2v) is 7.66. The Balaban J connectivity index is 1.76. The molecule has 2 heterocycles. The van der Waals surface area contributed by atoms with E-state index in [1.165, 1.54) is 0 Å². The Morgan fingerprint density at radius 1 is 1.18 bits per heavy atom. The third-order valence-electron chi connectivity index (χ3n) is 5.29. The minimum absolute atomic E-state index is 0.0733. The number of nitriles is 1. The second-order valence-electron chi connectivity index (χ2n) is 7.66. The van der Waals surface area contributed by atoms with E-state index in [0.717, 1.165) is 23.4 Å². The zero-order valence-electron chi connectivity index (χ0n) is 18.6. The Morgan fingerprint density at radius 3 is 2.70 bits per heavy atom. The van der Waals surface area contributed by atoms with Crippen molar-refractivity contribution in [2.45, 2.75) is 13.3 Å². The molecule has 1 saturated heterocycles. The van der Waals surface area contributed by atoms with Crippen LogP contribution >= 0.6 is 0 Å². The molecule has 1 aromatic heterocycles. The lowest BCUT2D eigenvalue weighted by Crippen LogP contribution is -2.41. The molecule has 4 rings (SSSR count). The lowest BCUT2D eigenvalue weighted by Gasteiger charge is -2.26. The molecule has 0 saturated carbocycles. The number of carbonyl (C=O) groups is 1. The largest absolute Gasteiger partial charge is 0.494 e. The Bertz CT molecular complexity index is 1170. The zero-order chi connectivity index (χ0) is 23.0. The zero-order valence-corrected chi connectivity index (χ0v) is 18.6. The summed E-state index contributed by atoms with van der Waals surface area (Å²) in [6.45, 7) is 4.60. The number of ether oxygens (including phenoxy) is 2. The van der Waals surface area contributed by atoms with Crippen molar-refractivity contribution in [2.24, 2.45) is 0 Å². The van der Waals surface area contributed by atoms with Crippen LogP contribution in [0.3, 0.4) is 0 Å². The molecule has 0 aliphatic carbocycles. The van der Waals surface area contributed by atoms with Crippen LogP contribution in [0.1, 0.15) is 18.9 Å². The quantitative estimate of drug-likeness (QED) is 0.407. The van der Waals surface area contributed by atoms with Gasteiger partial charge in [0.2, 0.25) is 0 Å². The molecule has 1 aliphatic heterocycles. The molecule has 7 nitrogen and oxygen atoms in total. The smallest absolute Gasteiger partial charge is 0.264 e. The highest BCUT2D eigenvalue weighted by molar-refractivity contribution is 6.02. The number of nitrogens with zero attached hydrogens (tertiary/aromatic N) is 4. The molecular formula is C26H26N4O3. The Labute approximate surface area is 193 Å². The highest BCUT2D eigenvalue weighted by atomic mass is 16.5. The number of aromatic nitrogens is 2. The summed E-state index contributed by atoms with van der Waals surface area (Å²) in [5.41, 5.74) is 3.16. The molecule has 7 heteroatoms. The molecule has 0 spiro atoms.